The Bertz CT molecular complexity index is 93.1. The maximum absolute atomic E-state index is 10.6. The van der Waals surface area contributed by atoms with Crippen LogP contribution in [0.3, 0.4) is 0 Å². The van der Waals surface area contributed by atoms with Crippen molar-refractivity contribution in [3.8, 4) is 0 Å². The molecule has 0 saturated heterocycles. The zero-order chi connectivity index (χ0) is 7.28. The van der Waals surface area contributed by atoms with Crippen molar-refractivity contribution in [2.45, 2.75) is 24.0 Å². The predicted molar refractivity (Wildman–Crippen MR) is 37.7 cm³/mol. The summed E-state index contributed by atoms with van der Waals surface area (Å²) >= 11 is 0.564. The van der Waals surface area contributed by atoms with Crippen molar-refractivity contribution in [3.05, 3.63) is 0 Å². The molecule has 0 aliphatic heterocycles. The summed E-state index contributed by atoms with van der Waals surface area (Å²) in [6, 6.07) is 0. The van der Waals surface area contributed by atoms with Gasteiger partial charge in [0.1, 0.15) is 0 Å². The van der Waals surface area contributed by atoms with Gasteiger partial charge in [-0.2, -0.15) is 0 Å². The Morgan fingerprint density at radius 2 is 2.33 bits per heavy atom. The number of hydrogen-bond acceptors (Lipinski definition) is 2. The molecule has 0 fully saturated rings. The first-order valence-electron chi connectivity index (χ1n) is 2.80. The van der Waals surface area contributed by atoms with Crippen molar-refractivity contribution in [2.24, 2.45) is 0 Å². The third kappa shape index (κ3) is 4.49. The molecule has 1 atom stereocenters. The van der Waals surface area contributed by atoms with E-state index in [0.29, 0.717) is 26.2 Å². The van der Waals surface area contributed by atoms with E-state index >= 15 is 0 Å². The monoisotopic (exact) mass is 196 g/mol. The number of rotatable bonds is 3. The van der Waals surface area contributed by atoms with Crippen LogP contribution in [0.2, 0.25) is 10.6 Å². The van der Waals surface area contributed by atoms with E-state index in [0.717, 1.165) is 0 Å². The van der Waals surface area contributed by atoms with Crippen LogP contribution in [0.5, 0.6) is 0 Å². The summed E-state index contributed by atoms with van der Waals surface area (Å²) in [5.74, 6) is 2.03. The molecule has 54 valence electrons. The van der Waals surface area contributed by atoms with Crippen LogP contribution in [0.1, 0.15) is 13.3 Å². The molecular formula is C6H12O2Se. The van der Waals surface area contributed by atoms with E-state index in [-0.39, 0.29) is 5.97 Å². The first-order valence-corrected chi connectivity index (χ1v) is 5.50. The Balaban J connectivity index is 3.34. The Labute approximate surface area is 62.1 Å². The van der Waals surface area contributed by atoms with Crippen LogP contribution in [0.25, 0.3) is 0 Å². The minimum atomic E-state index is -0.0915. The van der Waals surface area contributed by atoms with Gasteiger partial charge in [-0.3, -0.25) is 0 Å². The van der Waals surface area contributed by atoms with Crippen molar-refractivity contribution in [2.75, 3.05) is 7.11 Å². The Morgan fingerprint density at radius 3 is 2.67 bits per heavy atom. The molecule has 0 spiro atoms. The van der Waals surface area contributed by atoms with Crippen molar-refractivity contribution in [1.29, 1.82) is 0 Å². The van der Waals surface area contributed by atoms with Crippen LogP contribution in [-0.4, -0.2) is 28.0 Å². The number of carbonyl (C=O) groups excluding carboxylic acids is 1. The van der Waals surface area contributed by atoms with E-state index in [1.165, 1.54) is 7.11 Å². The second kappa shape index (κ2) is 4.83. The van der Waals surface area contributed by atoms with Gasteiger partial charge in [0.15, 0.2) is 0 Å². The fourth-order valence-corrected chi connectivity index (χ4v) is 1.04. The van der Waals surface area contributed by atoms with Crippen LogP contribution < -0.4 is 0 Å². The molecule has 0 rings (SSSR count). The number of methoxy groups -OCH3 is 1. The first-order chi connectivity index (χ1) is 4.20. The molecule has 9 heavy (non-hydrogen) atoms. The molecule has 0 heterocycles. The summed E-state index contributed by atoms with van der Waals surface area (Å²) < 4.78 is 4.49. The van der Waals surface area contributed by atoms with E-state index in [9.17, 15) is 4.79 Å². The third-order valence-electron chi connectivity index (χ3n) is 1.08. The standard InChI is InChI=1S/C6H12O2Se/c1-5(9-3)4-6(7)8-2/h5H,4H2,1-3H3/t5-/m1/s1. The maximum atomic E-state index is 10.6. The van der Waals surface area contributed by atoms with Crippen LogP contribution in [0, 0.1) is 0 Å². The molecule has 0 amide bonds. The topological polar surface area (TPSA) is 26.3 Å². The number of ether oxygens (including phenoxy) is 1. The van der Waals surface area contributed by atoms with Gasteiger partial charge in [0.25, 0.3) is 0 Å². The van der Waals surface area contributed by atoms with Crippen LogP contribution in [0.4, 0.5) is 0 Å². The predicted octanol–water partition coefficient (Wildman–Crippen LogP) is 1.11. The van der Waals surface area contributed by atoms with Gasteiger partial charge in [0.2, 0.25) is 0 Å². The van der Waals surface area contributed by atoms with Crippen LogP contribution in [-0.2, 0) is 9.53 Å². The van der Waals surface area contributed by atoms with Gasteiger partial charge in [-0.15, -0.1) is 0 Å². The molecular weight excluding hydrogens is 183 g/mol. The van der Waals surface area contributed by atoms with Crippen molar-refractivity contribution >= 4 is 20.9 Å². The quantitative estimate of drug-likeness (QED) is 0.498. The fourth-order valence-electron chi connectivity index (χ4n) is 0.401. The molecule has 0 unspecified atom stereocenters. The first kappa shape index (κ1) is 8.99. The van der Waals surface area contributed by atoms with Gasteiger partial charge in [-0.1, -0.05) is 0 Å². The van der Waals surface area contributed by atoms with Crippen molar-refractivity contribution in [1.82, 2.24) is 0 Å². The summed E-state index contributed by atoms with van der Waals surface area (Å²) in [5.41, 5.74) is 0. The summed E-state index contributed by atoms with van der Waals surface area (Å²) in [4.78, 5) is 11.1. The van der Waals surface area contributed by atoms with Crippen molar-refractivity contribution < 1.29 is 9.53 Å². The van der Waals surface area contributed by atoms with E-state index in [2.05, 4.69) is 17.5 Å². The second-order valence-corrected chi connectivity index (χ2v) is 4.50. The van der Waals surface area contributed by atoms with Gasteiger partial charge in [-0.25, -0.2) is 0 Å². The fraction of sp³-hybridized carbons (Fsp3) is 0.833. The molecule has 0 aromatic heterocycles. The van der Waals surface area contributed by atoms with E-state index in [1.54, 1.807) is 0 Å². The Kier molecular flexibility index (Phi) is 4.82. The van der Waals surface area contributed by atoms with Gasteiger partial charge < -0.3 is 0 Å². The summed E-state index contributed by atoms with van der Waals surface area (Å²) in [6.45, 7) is 2.07. The number of hydrogen-bond donors (Lipinski definition) is 0. The third-order valence-corrected chi connectivity index (χ3v) is 3.12. The molecule has 3 heteroatoms. The van der Waals surface area contributed by atoms with Crippen LogP contribution in [0.15, 0.2) is 0 Å². The van der Waals surface area contributed by atoms with E-state index in [1.807, 2.05) is 0 Å². The summed E-state index contributed by atoms with van der Waals surface area (Å²) in [5, 5.41) is 0. The molecule has 2 nitrogen and oxygen atoms in total. The van der Waals surface area contributed by atoms with Gasteiger partial charge in [0.05, 0.1) is 0 Å². The average Bonchev–Trinajstić information content (AvgIpc) is 1.87. The van der Waals surface area contributed by atoms with Gasteiger partial charge in [-0.05, 0) is 0 Å². The molecule has 0 saturated carbocycles. The summed E-state index contributed by atoms with van der Waals surface area (Å²) in [7, 11) is 1.43. The normalized spacial score (nSPS) is 12.8. The molecule has 0 radical (unpaired) electrons. The average molecular weight is 195 g/mol. The molecule has 0 aromatic carbocycles. The molecule has 0 aromatic rings. The second-order valence-electron chi connectivity index (χ2n) is 1.83. The Hall–Kier alpha value is -0.0105. The van der Waals surface area contributed by atoms with Gasteiger partial charge in [0, 0.05) is 0 Å². The van der Waals surface area contributed by atoms with Crippen LogP contribution >= 0.6 is 0 Å². The molecule has 0 bridgehead atoms. The number of carbonyl (C=O) groups is 1. The SMILES string of the molecule is COC(=O)C[C@@H](C)[Se]C. The zero-order valence-corrected chi connectivity index (χ0v) is 7.72. The van der Waals surface area contributed by atoms with E-state index < -0.39 is 0 Å². The number of esters is 1. The zero-order valence-electron chi connectivity index (χ0n) is 6.01. The summed E-state index contributed by atoms with van der Waals surface area (Å²) in [6.07, 6.45) is 0.576. The molecule has 0 aliphatic carbocycles. The molecule has 0 N–H and O–H groups in total. The molecule has 0 aliphatic rings. The minimum absolute atomic E-state index is 0.0915. The van der Waals surface area contributed by atoms with E-state index in [4.69, 9.17) is 0 Å². The van der Waals surface area contributed by atoms with Gasteiger partial charge >= 0.3 is 61.6 Å². The Morgan fingerprint density at radius 1 is 1.78 bits per heavy atom. The van der Waals surface area contributed by atoms with Crippen molar-refractivity contribution in [3.63, 3.8) is 0 Å².